The van der Waals surface area contributed by atoms with Crippen molar-refractivity contribution in [1.29, 1.82) is 0 Å². The minimum atomic E-state index is 0. The van der Waals surface area contributed by atoms with E-state index >= 15 is 0 Å². The van der Waals surface area contributed by atoms with Gasteiger partial charge in [0.1, 0.15) is 0 Å². The maximum absolute atomic E-state index is 2.53. The van der Waals surface area contributed by atoms with Crippen LogP contribution >= 0.6 is 0 Å². The second kappa shape index (κ2) is 5.84. The first-order valence-corrected chi connectivity index (χ1v) is 5.49. The van der Waals surface area contributed by atoms with Crippen molar-refractivity contribution >= 4 is 0 Å². The van der Waals surface area contributed by atoms with Crippen LogP contribution in [0.1, 0.15) is 57.8 Å². The summed E-state index contributed by atoms with van der Waals surface area (Å²) < 4.78 is 0. The zero-order valence-electron chi connectivity index (χ0n) is 8.94. The first-order chi connectivity index (χ1) is 5.95. The fraction of sp³-hybridized carbons (Fsp3) is 0.750. The molecule has 1 heteroatoms. The predicted octanol–water partition coefficient (Wildman–Crippen LogP) is 1.03. The minimum Gasteiger partial charge on any atom is -0.226 e. The molecule has 0 spiro atoms. The Bertz CT molecular complexity index is 158. The average Bonchev–Trinajstić information content (AvgIpc) is 2.59. The Balaban J connectivity index is 0.000000845. The predicted molar refractivity (Wildman–Crippen MR) is 52.9 cm³/mol. The van der Waals surface area contributed by atoms with Crippen LogP contribution in [-0.2, 0) is 0 Å². The van der Waals surface area contributed by atoms with Crippen LogP contribution in [0.2, 0.25) is 0 Å². The molecule has 0 heterocycles. The Kier molecular flexibility index (Phi) is 5.07. The Hall–Kier alpha value is 0.207. The molecule has 68 valence electrons. The van der Waals surface area contributed by atoms with E-state index in [4.69, 9.17) is 0 Å². The van der Waals surface area contributed by atoms with E-state index in [2.05, 4.69) is 6.08 Å². The van der Waals surface area contributed by atoms with Crippen molar-refractivity contribution in [3.8, 4) is 0 Å². The zero-order chi connectivity index (χ0) is 8.23. The van der Waals surface area contributed by atoms with Gasteiger partial charge in [0.2, 0.25) is 0 Å². The van der Waals surface area contributed by atoms with Gasteiger partial charge in [0, 0.05) is 0 Å². The SMILES string of the molecule is C(=C1CCCCC1)[C-]1CCCC1.[Li+]. The molecule has 13 heavy (non-hydrogen) atoms. The smallest absolute Gasteiger partial charge is 0.226 e. The Morgan fingerprint density at radius 2 is 1.46 bits per heavy atom. The van der Waals surface area contributed by atoms with Gasteiger partial charge in [-0.15, -0.1) is 0 Å². The molecule has 0 aromatic heterocycles. The molecule has 2 rings (SSSR count). The van der Waals surface area contributed by atoms with E-state index in [-0.39, 0.29) is 18.9 Å². The van der Waals surface area contributed by atoms with Crippen LogP contribution in [0.15, 0.2) is 11.6 Å². The van der Waals surface area contributed by atoms with Gasteiger partial charge in [-0.25, -0.2) is 17.6 Å². The van der Waals surface area contributed by atoms with Crippen molar-refractivity contribution in [3.05, 3.63) is 17.6 Å². The Morgan fingerprint density at radius 1 is 0.846 bits per heavy atom. The van der Waals surface area contributed by atoms with Gasteiger partial charge < -0.3 is 0 Å². The normalized spacial score (nSPS) is 22.8. The number of allylic oxidation sites excluding steroid dienone is 2. The molecule has 0 aliphatic heterocycles. The van der Waals surface area contributed by atoms with Crippen molar-refractivity contribution in [2.24, 2.45) is 0 Å². The molecule has 2 aliphatic rings. The summed E-state index contributed by atoms with van der Waals surface area (Å²) in [4.78, 5) is 0. The maximum atomic E-state index is 2.53. The largest absolute Gasteiger partial charge is 1.00 e. The molecular formula is C12H19Li. The molecule has 0 bridgehead atoms. The third kappa shape index (κ3) is 3.45. The molecule has 0 nitrogen and oxygen atoms in total. The van der Waals surface area contributed by atoms with E-state index < -0.39 is 0 Å². The van der Waals surface area contributed by atoms with E-state index in [1.165, 1.54) is 57.8 Å². The van der Waals surface area contributed by atoms with Crippen LogP contribution in [0.4, 0.5) is 0 Å². The minimum absolute atomic E-state index is 0. The van der Waals surface area contributed by atoms with Crippen molar-refractivity contribution in [2.45, 2.75) is 57.8 Å². The fourth-order valence-corrected chi connectivity index (χ4v) is 2.41. The van der Waals surface area contributed by atoms with Crippen molar-refractivity contribution in [3.63, 3.8) is 0 Å². The standard InChI is InChI=1S/C12H19.Li/c1-2-6-11(7-3-1)10-12-8-4-5-9-12;/h10H,1-9H2;/q-1;+1. The van der Waals surface area contributed by atoms with Crippen LogP contribution in [0, 0.1) is 5.92 Å². The Morgan fingerprint density at radius 3 is 2.08 bits per heavy atom. The third-order valence-corrected chi connectivity index (χ3v) is 3.15. The summed E-state index contributed by atoms with van der Waals surface area (Å²) in [6.45, 7) is 0. The quantitative estimate of drug-likeness (QED) is 0.407. The molecule has 0 amide bonds. The van der Waals surface area contributed by atoms with Crippen molar-refractivity contribution in [1.82, 2.24) is 0 Å². The topological polar surface area (TPSA) is 0 Å². The first kappa shape index (κ1) is 11.3. The number of rotatable bonds is 1. The van der Waals surface area contributed by atoms with E-state index in [0.29, 0.717) is 0 Å². The van der Waals surface area contributed by atoms with Gasteiger partial charge in [-0.1, -0.05) is 57.8 Å². The maximum Gasteiger partial charge on any atom is 1.00 e. The van der Waals surface area contributed by atoms with Gasteiger partial charge in [0.05, 0.1) is 0 Å². The summed E-state index contributed by atoms with van der Waals surface area (Å²) in [5, 5.41) is 0. The molecule has 2 aliphatic carbocycles. The number of hydrogen-bond acceptors (Lipinski definition) is 0. The van der Waals surface area contributed by atoms with Crippen molar-refractivity contribution in [2.75, 3.05) is 0 Å². The summed E-state index contributed by atoms with van der Waals surface area (Å²) in [7, 11) is 0. The number of hydrogen-bond donors (Lipinski definition) is 0. The molecular weight excluding hydrogens is 151 g/mol. The summed E-state index contributed by atoms with van der Waals surface area (Å²) in [5.74, 6) is 1.74. The molecule has 0 atom stereocenters. The van der Waals surface area contributed by atoms with E-state index in [1.807, 2.05) is 0 Å². The van der Waals surface area contributed by atoms with E-state index in [1.54, 1.807) is 11.5 Å². The zero-order valence-corrected chi connectivity index (χ0v) is 8.94. The van der Waals surface area contributed by atoms with Gasteiger partial charge in [0.25, 0.3) is 0 Å². The molecule has 0 aromatic carbocycles. The summed E-state index contributed by atoms with van der Waals surface area (Å²) in [5.41, 5.74) is 1.75. The van der Waals surface area contributed by atoms with Crippen LogP contribution in [0.25, 0.3) is 0 Å². The third-order valence-electron chi connectivity index (χ3n) is 3.15. The van der Waals surface area contributed by atoms with Crippen molar-refractivity contribution < 1.29 is 18.9 Å². The molecule has 2 fully saturated rings. The Labute approximate surface area is 94.3 Å². The van der Waals surface area contributed by atoms with Gasteiger partial charge in [-0.3, -0.25) is 0 Å². The monoisotopic (exact) mass is 170 g/mol. The average molecular weight is 170 g/mol. The van der Waals surface area contributed by atoms with Crippen LogP contribution in [-0.4, -0.2) is 0 Å². The van der Waals surface area contributed by atoms with Gasteiger partial charge >= 0.3 is 18.9 Å². The van der Waals surface area contributed by atoms with Gasteiger partial charge in [-0.05, 0) is 0 Å². The van der Waals surface area contributed by atoms with Gasteiger partial charge in [0.15, 0.2) is 0 Å². The van der Waals surface area contributed by atoms with Crippen LogP contribution in [0.5, 0.6) is 0 Å². The van der Waals surface area contributed by atoms with E-state index in [0.717, 1.165) is 0 Å². The fourth-order valence-electron chi connectivity index (χ4n) is 2.41. The molecule has 2 saturated carbocycles. The van der Waals surface area contributed by atoms with Crippen LogP contribution in [0.3, 0.4) is 0 Å². The molecule has 0 aromatic rings. The van der Waals surface area contributed by atoms with E-state index in [9.17, 15) is 0 Å². The molecule has 0 N–H and O–H groups in total. The second-order valence-corrected chi connectivity index (χ2v) is 4.23. The summed E-state index contributed by atoms with van der Waals surface area (Å²) in [6.07, 6.45) is 15.3. The van der Waals surface area contributed by atoms with Gasteiger partial charge in [-0.2, -0.15) is 0 Å². The molecule has 0 unspecified atom stereocenters. The molecule has 0 saturated heterocycles. The first-order valence-electron chi connectivity index (χ1n) is 5.49. The molecule has 0 radical (unpaired) electrons. The van der Waals surface area contributed by atoms with Crippen LogP contribution < -0.4 is 18.9 Å². The second-order valence-electron chi connectivity index (χ2n) is 4.23. The summed E-state index contributed by atoms with van der Waals surface area (Å²) >= 11 is 0. The summed E-state index contributed by atoms with van der Waals surface area (Å²) in [6, 6.07) is 0.